The van der Waals surface area contributed by atoms with Gasteiger partial charge in [-0.15, -0.1) is 0 Å². The third kappa shape index (κ3) is 2.62. The van der Waals surface area contributed by atoms with Gasteiger partial charge in [0, 0.05) is 24.7 Å². The summed E-state index contributed by atoms with van der Waals surface area (Å²) in [6, 6.07) is 0.176. The third-order valence-electron chi connectivity index (χ3n) is 5.57. The van der Waals surface area contributed by atoms with Gasteiger partial charge in [-0.1, -0.05) is 5.16 Å². The Morgan fingerprint density at radius 2 is 1.92 bits per heavy atom. The van der Waals surface area contributed by atoms with E-state index in [9.17, 15) is 9.59 Å². The number of hydrogen-bond donors (Lipinski definition) is 0. The van der Waals surface area contributed by atoms with E-state index in [2.05, 4.69) is 5.16 Å². The number of amides is 2. The highest BCUT2D eigenvalue weighted by atomic mass is 16.5. The molecule has 2 saturated heterocycles. The fourth-order valence-electron chi connectivity index (χ4n) is 4.24. The van der Waals surface area contributed by atoms with E-state index in [1.807, 2.05) is 37.5 Å². The van der Waals surface area contributed by atoms with Crippen LogP contribution in [0.2, 0.25) is 0 Å². The molecule has 2 aliphatic heterocycles. The minimum absolute atomic E-state index is 0.0147. The monoisotopic (exact) mass is 333 g/mol. The predicted octanol–water partition coefficient (Wildman–Crippen LogP) is 2.23. The van der Waals surface area contributed by atoms with Gasteiger partial charge >= 0.3 is 0 Å². The summed E-state index contributed by atoms with van der Waals surface area (Å²) in [5, 5.41) is 3.93. The van der Waals surface area contributed by atoms with Gasteiger partial charge in [-0.05, 0) is 53.4 Å². The first-order valence-electron chi connectivity index (χ1n) is 8.90. The van der Waals surface area contributed by atoms with E-state index in [4.69, 9.17) is 4.52 Å². The second kappa shape index (κ2) is 6.22. The van der Waals surface area contributed by atoms with Gasteiger partial charge in [-0.2, -0.15) is 0 Å². The van der Waals surface area contributed by atoms with Crippen molar-refractivity contribution in [2.45, 2.75) is 71.4 Å². The molecule has 3 heterocycles. The molecular weight excluding hydrogens is 306 g/mol. The largest absolute Gasteiger partial charge is 0.361 e. The van der Waals surface area contributed by atoms with Crippen LogP contribution >= 0.6 is 0 Å². The van der Waals surface area contributed by atoms with Crippen LogP contribution in [0.3, 0.4) is 0 Å². The Morgan fingerprint density at radius 3 is 2.50 bits per heavy atom. The zero-order valence-electron chi connectivity index (χ0n) is 15.1. The van der Waals surface area contributed by atoms with Crippen LogP contribution in [0.25, 0.3) is 0 Å². The Labute approximate surface area is 143 Å². The zero-order valence-corrected chi connectivity index (χ0v) is 15.1. The Balaban J connectivity index is 1.84. The molecule has 2 amide bonds. The summed E-state index contributed by atoms with van der Waals surface area (Å²) in [6.45, 7) is 9.23. The molecule has 0 saturated carbocycles. The van der Waals surface area contributed by atoms with E-state index in [-0.39, 0.29) is 24.3 Å². The first-order valence-corrected chi connectivity index (χ1v) is 8.90. The van der Waals surface area contributed by atoms with Crippen LogP contribution in [0.5, 0.6) is 0 Å². The number of hydrogen-bond acceptors (Lipinski definition) is 4. The topological polar surface area (TPSA) is 66.7 Å². The Kier molecular flexibility index (Phi) is 4.40. The maximum absolute atomic E-state index is 13.1. The summed E-state index contributed by atoms with van der Waals surface area (Å²) in [6.07, 6.45) is 3.67. The first-order chi connectivity index (χ1) is 11.4. The average molecular weight is 333 g/mol. The van der Waals surface area contributed by atoms with Crippen LogP contribution in [-0.2, 0) is 16.0 Å². The fraction of sp³-hybridized carbons (Fsp3) is 0.722. The minimum Gasteiger partial charge on any atom is -0.361 e. The lowest BCUT2D eigenvalue weighted by Gasteiger charge is -2.46. The highest BCUT2D eigenvalue weighted by molar-refractivity contribution is 5.93. The highest BCUT2D eigenvalue weighted by Crippen LogP contribution is 2.39. The molecule has 6 heteroatoms. The van der Waals surface area contributed by atoms with Gasteiger partial charge in [0.1, 0.15) is 11.3 Å². The number of piperidine rings is 1. The van der Waals surface area contributed by atoms with Crippen molar-refractivity contribution in [1.29, 1.82) is 0 Å². The summed E-state index contributed by atoms with van der Waals surface area (Å²) in [7, 11) is 0. The molecule has 2 fully saturated rings. The second-order valence-corrected chi connectivity index (χ2v) is 7.36. The molecule has 24 heavy (non-hydrogen) atoms. The van der Waals surface area contributed by atoms with Gasteiger partial charge in [-0.3, -0.25) is 9.59 Å². The van der Waals surface area contributed by atoms with Crippen molar-refractivity contribution in [2.24, 2.45) is 0 Å². The van der Waals surface area contributed by atoms with Crippen LogP contribution in [0, 0.1) is 13.8 Å². The molecule has 1 unspecified atom stereocenters. The normalized spacial score (nSPS) is 24.5. The zero-order chi connectivity index (χ0) is 17.5. The van der Waals surface area contributed by atoms with Crippen LogP contribution in [-0.4, -0.2) is 51.4 Å². The standard InChI is InChI=1S/C18H27N3O3/c1-12(2)20-9-5-7-18(17(20)23)8-6-10-21(18)16(22)11-15-13(3)19-24-14(15)4/h12H,5-11H2,1-4H3. The SMILES string of the molecule is Cc1noc(C)c1CC(=O)N1CCCC12CCCN(C(C)C)C2=O. The number of rotatable bonds is 3. The van der Waals surface area contributed by atoms with Crippen molar-refractivity contribution < 1.29 is 14.1 Å². The predicted molar refractivity (Wildman–Crippen MR) is 89.4 cm³/mol. The molecule has 0 bridgehead atoms. The minimum atomic E-state index is -0.626. The summed E-state index contributed by atoms with van der Waals surface area (Å²) in [4.78, 5) is 29.9. The van der Waals surface area contributed by atoms with Gasteiger partial charge in [0.15, 0.2) is 0 Å². The van der Waals surface area contributed by atoms with Gasteiger partial charge in [0.2, 0.25) is 11.8 Å². The first kappa shape index (κ1) is 17.0. The molecule has 6 nitrogen and oxygen atoms in total. The van der Waals surface area contributed by atoms with Crippen molar-refractivity contribution in [1.82, 2.24) is 15.0 Å². The van der Waals surface area contributed by atoms with E-state index in [0.29, 0.717) is 12.3 Å². The summed E-state index contributed by atoms with van der Waals surface area (Å²) in [5.41, 5.74) is 0.984. The third-order valence-corrected chi connectivity index (χ3v) is 5.57. The Hall–Kier alpha value is -1.85. The molecule has 1 atom stereocenters. The van der Waals surface area contributed by atoms with Gasteiger partial charge < -0.3 is 14.3 Å². The molecule has 1 spiro atoms. The van der Waals surface area contributed by atoms with Crippen molar-refractivity contribution >= 4 is 11.8 Å². The van der Waals surface area contributed by atoms with E-state index < -0.39 is 5.54 Å². The molecule has 2 aliphatic rings. The molecule has 3 rings (SSSR count). The summed E-state index contributed by atoms with van der Waals surface area (Å²) >= 11 is 0. The number of aryl methyl sites for hydroxylation is 2. The number of carbonyl (C=O) groups excluding carboxylic acids is 2. The average Bonchev–Trinajstić information content (AvgIpc) is 3.09. The van der Waals surface area contributed by atoms with Gasteiger partial charge in [-0.25, -0.2) is 0 Å². The van der Waals surface area contributed by atoms with Gasteiger partial charge in [0.25, 0.3) is 0 Å². The maximum Gasteiger partial charge on any atom is 0.248 e. The molecule has 1 aromatic rings. The van der Waals surface area contributed by atoms with Crippen molar-refractivity contribution in [3.63, 3.8) is 0 Å². The molecule has 0 aliphatic carbocycles. The quantitative estimate of drug-likeness (QED) is 0.851. The second-order valence-electron chi connectivity index (χ2n) is 7.36. The lowest BCUT2D eigenvalue weighted by atomic mass is 9.84. The van der Waals surface area contributed by atoms with E-state index >= 15 is 0 Å². The molecule has 0 aromatic carbocycles. The molecule has 1 aromatic heterocycles. The lowest BCUT2D eigenvalue weighted by Crippen LogP contribution is -2.62. The number of nitrogens with zero attached hydrogens (tertiary/aromatic N) is 3. The van der Waals surface area contributed by atoms with Crippen LogP contribution in [0.4, 0.5) is 0 Å². The van der Waals surface area contributed by atoms with Crippen LogP contribution in [0.1, 0.15) is 56.5 Å². The summed E-state index contributed by atoms with van der Waals surface area (Å²) in [5.74, 6) is 0.835. The van der Waals surface area contributed by atoms with Crippen molar-refractivity contribution in [3.8, 4) is 0 Å². The van der Waals surface area contributed by atoms with E-state index in [1.165, 1.54) is 0 Å². The van der Waals surface area contributed by atoms with E-state index in [0.717, 1.165) is 43.5 Å². The number of carbonyl (C=O) groups is 2. The van der Waals surface area contributed by atoms with Crippen LogP contribution < -0.4 is 0 Å². The van der Waals surface area contributed by atoms with E-state index in [1.54, 1.807) is 0 Å². The fourth-order valence-corrected chi connectivity index (χ4v) is 4.24. The maximum atomic E-state index is 13.1. The Morgan fingerprint density at radius 1 is 1.25 bits per heavy atom. The molecular formula is C18H27N3O3. The van der Waals surface area contributed by atoms with Crippen LogP contribution in [0.15, 0.2) is 4.52 Å². The smallest absolute Gasteiger partial charge is 0.248 e. The van der Waals surface area contributed by atoms with Gasteiger partial charge in [0.05, 0.1) is 12.1 Å². The van der Waals surface area contributed by atoms with Crippen molar-refractivity contribution in [2.75, 3.05) is 13.1 Å². The molecule has 0 radical (unpaired) electrons. The lowest BCUT2D eigenvalue weighted by molar-refractivity contribution is -0.156. The Bertz CT molecular complexity index is 632. The number of aromatic nitrogens is 1. The highest BCUT2D eigenvalue weighted by Gasteiger charge is 2.52. The molecule has 132 valence electrons. The number of likely N-dealkylation sites (tertiary alicyclic amines) is 2. The molecule has 0 N–H and O–H groups in total. The summed E-state index contributed by atoms with van der Waals surface area (Å²) < 4.78 is 5.17. The van der Waals surface area contributed by atoms with Crippen molar-refractivity contribution in [3.05, 3.63) is 17.0 Å².